The third-order valence-electron chi connectivity index (χ3n) is 0.847. The zero-order valence-corrected chi connectivity index (χ0v) is 11.3. The Hall–Kier alpha value is 0.652. The van der Waals surface area contributed by atoms with E-state index < -0.39 is 21.8 Å². The molecule has 0 amide bonds. The van der Waals surface area contributed by atoms with E-state index in [1.54, 1.807) is 12.4 Å². The molecule has 1 rings (SSSR count). The molecule has 0 bridgehead atoms. The van der Waals surface area contributed by atoms with E-state index in [0.717, 1.165) is 0 Å². The first-order valence-corrected chi connectivity index (χ1v) is 13.0. The van der Waals surface area contributed by atoms with Gasteiger partial charge in [0.1, 0.15) is 0 Å². The summed E-state index contributed by atoms with van der Waals surface area (Å²) in [6, 6.07) is 3.94. The van der Waals surface area contributed by atoms with Gasteiger partial charge < -0.3 is 0 Å². The predicted octanol–water partition coefficient (Wildman–Crippen LogP) is 2.77. The first kappa shape index (κ1) is 10.7. The molecule has 1 aromatic heterocycles. The number of aryl methyl sites for hydroxylation is 1. The third-order valence-corrected chi connectivity index (χ3v) is 0.847. The summed E-state index contributed by atoms with van der Waals surface area (Å²) in [5.74, 6) is 0. The molecular formula is C6H7CdCl2N. The van der Waals surface area contributed by atoms with Gasteiger partial charge in [0, 0.05) is 12.4 Å². The van der Waals surface area contributed by atoms with Gasteiger partial charge in [0.2, 0.25) is 0 Å². The standard InChI is InChI=1S/C6H7N.Cd.2ClH/c1-6-2-4-7-5-3-6;;;/h2-5H,1H3;;2*1H/q;+2;;/p-2. The fraction of sp³-hybridized carbons (Fsp3) is 0.167. The third kappa shape index (κ3) is 6.77. The van der Waals surface area contributed by atoms with Gasteiger partial charge in [0.15, 0.2) is 0 Å². The van der Waals surface area contributed by atoms with Crippen LogP contribution in [0.5, 0.6) is 0 Å². The molecule has 1 aromatic rings. The number of rotatable bonds is 0. The van der Waals surface area contributed by atoms with Gasteiger partial charge in [-0.05, 0) is 24.6 Å². The van der Waals surface area contributed by atoms with Crippen molar-refractivity contribution in [2.24, 2.45) is 0 Å². The number of nitrogens with zero attached hydrogens (tertiary/aromatic N) is 1. The summed E-state index contributed by atoms with van der Waals surface area (Å²) in [4.78, 5) is 3.85. The number of aromatic nitrogens is 1. The number of hydrogen-bond donors (Lipinski definition) is 0. The molecule has 52 valence electrons. The molecule has 4 heteroatoms. The summed E-state index contributed by atoms with van der Waals surface area (Å²) >= 11 is -1.07. The van der Waals surface area contributed by atoms with Crippen LogP contribution in [0.15, 0.2) is 24.5 Å². The van der Waals surface area contributed by atoms with E-state index >= 15 is 0 Å². The second-order valence-corrected chi connectivity index (χ2v) is 7.62. The van der Waals surface area contributed by atoms with Gasteiger partial charge in [-0.15, -0.1) is 0 Å². The van der Waals surface area contributed by atoms with E-state index in [4.69, 9.17) is 16.6 Å². The van der Waals surface area contributed by atoms with Gasteiger partial charge in [-0.25, -0.2) is 0 Å². The fourth-order valence-corrected chi connectivity index (χ4v) is 0.426. The topological polar surface area (TPSA) is 12.9 Å². The molecule has 0 aliphatic heterocycles. The second-order valence-electron chi connectivity index (χ2n) is 1.63. The summed E-state index contributed by atoms with van der Waals surface area (Å²) < 4.78 is 0. The van der Waals surface area contributed by atoms with Gasteiger partial charge in [-0.2, -0.15) is 0 Å². The molecule has 0 aromatic carbocycles. The molecule has 0 saturated heterocycles. The van der Waals surface area contributed by atoms with Crippen LogP contribution in [0.1, 0.15) is 5.56 Å². The van der Waals surface area contributed by atoms with Crippen molar-refractivity contribution >= 4 is 16.6 Å². The van der Waals surface area contributed by atoms with E-state index in [0.29, 0.717) is 0 Å². The van der Waals surface area contributed by atoms with Crippen LogP contribution in [0.4, 0.5) is 0 Å². The summed E-state index contributed by atoms with van der Waals surface area (Å²) in [7, 11) is 9.95. The zero-order valence-electron chi connectivity index (χ0n) is 5.72. The van der Waals surface area contributed by atoms with E-state index in [2.05, 4.69) is 4.98 Å². The number of halogens is 2. The van der Waals surface area contributed by atoms with E-state index in [9.17, 15) is 0 Å². The summed E-state index contributed by atoms with van der Waals surface area (Å²) in [5.41, 5.74) is 1.26. The van der Waals surface area contributed by atoms with Crippen LogP contribution in [0, 0.1) is 6.92 Å². The molecular weight excluding hydrogens is 269 g/mol. The van der Waals surface area contributed by atoms with Crippen molar-refractivity contribution in [3.8, 4) is 0 Å². The van der Waals surface area contributed by atoms with Crippen LogP contribution in [-0.4, -0.2) is 4.98 Å². The van der Waals surface area contributed by atoms with Crippen LogP contribution < -0.4 is 0 Å². The van der Waals surface area contributed by atoms with Crippen molar-refractivity contribution in [1.29, 1.82) is 0 Å². The van der Waals surface area contributed by atoms with Crippen molar-refractivity contribution in [3.63, 3.8) is 0 Å². The van der Waals surface area contributed by atoms with Crippen LogP contribution in [-0.2, 0) is 21.8 Å². The van der Waals surface area contributed by atoms with E-state index in [1.807, 2.05) is 19.1 Å². The Bertz CT molecular complexity index is 157. The Kier molecular flexibility index (Phi) is 8.26. The Balaban J connectivity index is 0.000000236. The van der Waals surface area contributed by atoms with Gasteiger partial charge in [-0.3, -0.25) is 4.98 Å². The van der Waals surface area contributed by atoms with Crippen molar-refractivity contribution in [2.45, 2.75) is 6.92 Å². The molecule has 0 unspecified atom stereocenters. The monoisotopic (exact) mass is 277 g/mol. The molecule has 0 fully saturated rings. The number of pyridine rings is 1. The normalized spacial score (nSPS) is 7.10. The second kappa shape index (κ2) is 7.76. The van der Waals surface area contributed by atoms with Gasteiger partial charge in [0.05, 0.1) is 0 Å². The molecule has 0 N–H and O–H groups in total. The summed E-state index contributed by atoms with van der Waals surface area (Å²) in [5, 5.41) is 0. The SMILES string of the molecule is Cc1ccncc1.[Cl][Cd][Cl]. The van der Waals surface area contributed by atoms with Crippen molar-refractivity contribution in [3.05, 3.63) is 30.1 Å². The minimum atomic E-state index is -1.07. The molecule has 0 aliphatic rings. The molecule has 1 heterocycles. The zero-order chi connectivity index (χ0) is 7.82. The van der Waals surface area contributed by atoms with Crippen molar-refractivity contribution < 1.29 is 21.8 Å². The average Bonchev–Trinajstić information content (AvgIpc) is 1.91. The molecule has 0 spiro atoms. The molecule has 0 saturated carbocycles. The first-order valence-electron chi connectivity index (χ1n) is 2.79. The Morgan fingerprint density at radius 2 is 1.70 bits per heavy atom. The van der Waals surface area contributed by atoms with Gasteiger partial charge >= 0.3 is 38.4 Å². The molecule has 0 aliphatic carbocycles. The van der Waals surface area contributed by atoms with Crippen molar-refractivity contribution in [1.82, 2.24) is 4.98 Å². The minimum absolute atomic E-state index is 1.07. The molecule has 0 radical (unpaired) electrons. The van der Waals surface area contributed by atoms with Gasteiger partial charge in [0.25, 0.3) is 0 Å². The fourth-order valence-electron chi connectivity index (χ4n) is 0.426. The summed E-state index contributed by atoms with van der Waals surface area (Å²) in [6.07, 6.45) is 3.57. The van der Waals surface area contributed by atoms with Crippen LogP contribution in [0.2, 0.25) is 0 Å². The molecule has 10 heavy (non-hydrogen) atoms. The molecule has 0 atom stereocenters. The quantitative estimate of drug-likeness (QED) is 0.664. The van der Waals surface area contributed by atoms with Crippen LogP contribution in [0.25, 0.3) is 0 Å². The predicted molar refractivity (Wildman–Crippen MR) is 40.7 cm³/mol. The average molecular weight is 276 g/mol. The first-order chi connectivity index (χ1) is 4.81. The molecule has 1 nitrogen and oxygen atoms in total. The van der Waals surface area contributed by atoms with Crippen molar-refractivity contribution in [2.75, 3.05) is 0 Å². The van der Waals surface area contributed by atoms with Crippen LogP contribution >= 0.6 is 16.6 Å². The Morgan fingerprint density at radius 1 is 1.30 bits per heavy atom. The number of hydrogen-bond acceptors (Lipinski definition) is 1. The summed E-state index contributed by atoms with van der Waals surface area (Å²) in [6.45, 7) is 2.04. The van der Waals surface area contributed by atoms with E-state index in [1.165, 1.54) is 5.56 Å². The Morgan fingerprint density at radius 3 is 1.90 bits per heavy atom. The van der Waals surface area contributed by atoms with Gasteiger partial charge in [-0.1, -0.05) is 0 Å². The van der Waals surface area contributed by atoms with Crippen LogP contribution in [0.3, 0.4) is 0 Å². The maximum absolute atomic E-state index is 4.97. The Labute approximate surface area is 79.9 Å². The van der Waals surface area contributed by atoms with E-state index in [-0.39, 0.29) is 0 Å². The maximum atomic E-state index is 4.97.